The number of rotatable bonds is 2. The van der Waals surface area contributed by atoms with Crippen molar-refractivity contribution in [2.45, 2.75) is 19.8 Å². The van der Waals surface area contributed by atoms with E-state index in [0.717, 1.165) is 28.1 Å². The van der Waals surface area contributed by atoms with Crippen molar-refractivity contribution in [3.8, 4) is 11.3 Å². The smallest absolute Gasteiger partial charge is 0.323 e. The lowest BCUT2D eigenvalue weighted by molar-refractivity contribution is 0.500. The van der Waals surface area contributed by atoms with E-state index in [1.165, 1.54) is 0 Å². The minimum Gasteiger partial charge on any atom is -0.428 e. The van der Waals surface area contributed by atoms with Crippen molar-refractivity contribution in [1.82, 2.24) is 15.0 Å². The Kier molecular flexibility index (Phi) is 2.45. The lowest BCUT2D eigenvalue weighted by atomic mass is 10.0. The summed E-state index contributed by atoms with van der Waals surface area (Å²) in [6, 6.07) is 5.73. The number of hydrogen-bond acceptors (Lipinski definition) is 4. The van der Waals surface area contributed by atoms with Crippen LogP contribution >= 0.6 is 0 Å². The summed E-state index contributed by atoms with van der Waals surface area (Å²) in [5, 5.41) is 0. The molecule has 0 aliphatic carbocycles. The maximum absolute atomic E-state index is 11.3. The minimum atomic E-state index is -0.226. The van der Waals surface area contributed by atoms with Crippen LogP contribution in [0.25, 0.3) is 22.3 Å². The van der Waals surface area contributed by atoms with Gasteiger partial charge in [-0.1, -0.05) is 19.9 Å². The molecule has 6 nitrogen and oxygen atoms in total. The Hall–Kier alpha value is -2.50. The van der Waals surface area contributed by atoms with E-state index in [9.17, 15) is 4.79 Å². The number of nitrogens with zero attached hydrogens (tertiary/aromatic N) is 1. The van der Waals surface area contributed by atoms with E-state index in [1.807, 2.05) is 32.0 Å². The largest absolute Gasteiger partial charge is 0.428 e. The zero-order valence-electron chi connectivity index (χ0n) is 10.7. The number of fused-ring (bicyclic) bond motifs is 1. The van der Waals surface area contributed by atoms with Crippen LogP contribution in [-0.4, -0.2) is 15.0 Å². The monoisotopic (exact) mass is 258 g/mol. The van der Waals surface area contributed by atoms with Gasteiger partial charge < -0.3 is 20.1 Å². The number of hydrogen-bond donors (Lipinski definition) is 3. The van der Waals surface area contributed by atoms with Crippen molar-refractivity contribution in [3.05, 3.63) is 34.4 Å². The van der Waals surface area contributed by atoms with Gasteiger partial charge in [0.25, 0.3) is 6.01 Å². The predicted octanol–water partition coefficient (Wildman–Crippen LogP) is 2.22. The van der Waals surface area contributed by atoms with Gasteiger partial charge in [-0.15, -0.1) is 0 Å². The molecule has 0 aliphatic heterocycles. The molecule has 1 aromatic carbocycles. The summed E-state index contributed by atoms with van der Waals surface area (Å²) in [7, 11) is 0. The molecule has 0 saturated heterocycles. The molecule has 2 aromatic heterocycles. The van der Waals surface area contributed by atoms with Gasteiger partial charge in [-0.2, -0.15) is 4.98 Å². The number of aromatic amines is 2. The first-order valence-corrected chi connectivity index (χ1v) is 6.03. The highest BCUT2D eigenvalue weighted by atomic mass is 16.4. The van der Waals surface area contributed by atoms with E-state index in [4.69, 9.17) is 10.2 Å². The van der Waals surface area contributed by atoms with Gasteiger partial charge >= 0.3 is 5.69 Å². The maximum atomic E-state index is 11.3. The summed E-state index contributed by atoms with van der Waals surface area (Å²) in [6.45, 7) is 4.03. The fourth-order valence-electron chi connectivity index (χ4n) is 2.13. The van der Waals surface area contributed by atoms with Crippen molar-refractivity contribution in [1.29, 1.82) is 0 Å². The number of oxazole rings is 1. The number of H-pyrrole nitrogens is 2. The second-order valence-electron chi connectivity index (χ2n) is 4.76. The fraction of sp³-hybridized carbons (Fsp3) is 0.231. The van der Waals surface area contributed by atoms with Gasteiger partial charge in [-0.25, -0.2) is 4.79 Å². The van der Waals surface area contributed by atoms with Gasteiger partial charge in [0.05, 0.1) is 11.0 Å². The molecule has 0 spiro atoms. The number of nitrogen functional groups attached to an aromatic ring is 1. The molecule has 0 saturated carbocycles. The molecule has 3 aromatic rings. The van der Waals surface area contributed by atoms with Crippen LogP contribution in [0.2, 0.25) is 0 Å². The first-order valence-electron chi connectivity index (χ1n) is 6.03. The zero-order chi connectivity index (χ0) is 13.6. The molecule has 3 rings (SSSR count). The molecule has 0 atom stereocenters. The second kappa shape index (κ2) is 4.01. The molecular formula is C13H14N4O2. The van der Waals surface area contributed by atoms with Crippen molar-refractivity contribution in [2.24, 2.45) is 0 Å². The average Bonchev–Trinajstić information content (AvgIpc) is 2.89. The molecule has 6 heteroatoms. The van der Waals surface area contributed by atoms with Gasteiger partial charge in [0.2, 0.25) is 0 Å². The van der Waals surface area contributed by atoms with E-state index < -0.39 is 0 Å². The average molecular weight is 258 g/mol. The summed E-state index contributed by atoms with van der Waals surface area (Å²) in [5.41, 5.74) is 8.49. The predicted molar refractivity (Wildman–Crippen MR) is 72.9 cm³/mol. The zero-order valence-corrected chi connectivity index (χ0v) is 10.7. The Morgan fingerprint density at radius 2 is 2.00 bits per heavy atom. The molecule has 0 bridgehead atoms. The molecule has 4 N–H and O–H groups in total. The highest BCUT2D eigenvalue weighted by Gasteiger charge is 2.17. The van der Waals surface area contributed by atoms with Gasteiger partial charge in [-0.3, -0.25) is 0 Å². The van der Waals surface area contributed by atoms with Crippen LogP contribution in [-0.2, 0) is 0 Å². The number of benzene rings is 1. The van der Waals surface area contributed by atoms with E-state index >= 15 is 0 Å². The molecule has 0 fully saturated rings. The van der Waals surface area contributed by atoms with E-state index in [2.05, 4.69) is 15.0 Å². The molecule has 2 heterocycles. The third-order valence-electron chi connectivity index (χ3n) is 2.98. The van der Waals surface area contributed by atoms with Gasteiger partial charge in [0.1, 0.15) is 11.5 Å². The third-order valence-corrected chi connectivity index (χ3v) is 2.98. The topological polar surface area (TPSA) is 101 Å². The Morgan fingerprint density at radius 3 is 2.74 bits per heavy atom. The molecule has 98 valence electrons. The highest BCUT2D eigenvalue weighted by molar-refractivity contribution is 5.81. The van der Waals surface area contributed by atoms with E-state index in [-0.39, 0.29) is 17.6 Å². The summed E-state index contributed by atoms with van der Waals surface area (Å²) in [4.78, 5) is 20.9. The second-order valence-corrected chi connectivity index (χ2v) is 4.76. The molecule has 0 aliphatic rings. The third kappa shape index (κ3) is 1.91. The normalized spacial score (nSPS) is 11.5. The van der Waals surface area contributed by atoms with E-state index in [0.29, 0.717) is 0 Å². The Labute approximate surface area is 108 Å². The van der Waals surface area contributed by atoms with Gasteiger partial charge in [0.15, 0.2) is 0 Å². The van der Waals surface area contributed by atoms with Crippen molar-refractivity contribution < 1.29 is 4.42 Å². The number of anilines is 1. The summed E-state index contributed by atoms with van der Waals surface area (Å²) in [5.74, 6) is 0.926. The summed E-state index contributed by atoms with van der Waals surface area (Å²) in [6.07, 6.45) is 0. The number of nitrogens with two attached hydrogens (primary N) is 1. The Morgan fingerprint density at radius 1 is 1.26 bits per heavy atom. The van der Waals surface area contributed by atoms with Crippen LogP contribution in [0, 0.1) is 0 Å². The number of imidazole rings is 1. The standard InChI is InChI=1S/C13H14N4O2/c1-6(2)11-10(17-12(14)19-11)7-3-4-8-9(5-7)16-13(18)15-8/h3-6H,1-2H3,(H2,14,17)(H2,15,16,18). The number of aromatic nitrogens is 3. The van der Waals surface area contributed by atoms with Crippen molar-refractivity contribution in [3.63, 3.8) is 0 Å². The fourth-order valence-corrected chi connectivity index (χ4v) is 2.13. The van der Waals surface area contributed by atoms with Crippen molar-refractivity contribution >= 4 is 17.0 Å². The lowest BCUT2D eigenvalue weighted by Crippen LogP contribution is -1.99. The number of nitrogens with one attached hydrogen (secondary N) is 2. The van der Waals surface area contributed by atoms with Crippen molar-refractivity contribution in [2.75, 3.05) is 5.73 Å². The maximum Gasteiger partial charge on any atom is 0.323 e. The molecule has 0 radical (unpaired) electrons. The van der Waals surface area contributed by atoms with Crippen LogP contribution in [0.15, 0.2) is 27.4 Å². The van der Waals surface area contributed by atoms with Gasteiger partial charge in [0, 0.05) is 11.5 Å². The SMILES string of the molecule is CC(C)c1oc(N)nc1-c1ccc2[nH]c(=O)[nH]c2c1. The van der Waals surface area contributed by atoms with Gasteiger partial charge in [-0.05, 0) is 12.1 Å². The highest BCUT2D eigenvalue weighted by Crippen LogP contribution is 2.31. The summed E-state index contributed by atoms with van der Waals surface area (Å²) >= 11 is 0. The van der Waals surface area contributed by atoms with Crippen LogP contribution in [0.3, 0.4) is 0 Å². The quantitative estimate of drug-likeness (QED) is 0.656. The molecule has 19 heavy (non-hydrogen) atoms. The minimum absolute atomic E-state index is 0.154. The first kappa shape index (κ1) is 11.6. The van der Waals surface area contributed by atoms with Crippen LogP contribution < -0.4 is 11.4 Å². The lowest BCUT2D eigenvalue weighted by Gasteiger charge is -2.03. The molecule has 0 amide bonds. The Balaban J connectivity index is 2.20. The molecule has 0 unspecified atom stereocenters. The van der Waals surface area contributed by atoms with Crippen LogP contribution in [0.4, 0.5) is 6.01 Å². The van der Waals surface area contributed by atoms with Crippen LogP contribution in [0.5, 0.6) is 0 Å². The first-order chi connectivity index (χ1) is 9.04. The van der Waals surface area contributed by atoms with Crippen LogP contribution in [0.1, 0.15) is 25.5 Å². The van der Waals surface area contributed by atoms with E-state index in [1.54, 1.807) is 0 Å². The summed E-state index contributed by atoms with van der Waals surface area (Å²) < 4.78 is 5.43. The molecular weight excluding hydrogens is 244 g/mol. The Bertz CT molecular complexity index is 794.